The first kappa shape index (κ1) is 4.49. The Balaban J connectivity index is 2.38. The van der Waals surface area contributed by atoms with E-state index < -0.39 is 6.50 Å². The molecule has 2 N–H and O–H groups in total. The maximum atomic E-state index is 9.14. The highest BCUT2D eigenvalue weighted by molar-refractivity contribution is 5.60. The SMILES string of the molecule is [2H]C1([2H])COc2ccc(O)cc2N1. The van der Waals surface area contributed by atoms with E-state index in [0.29, 0.717) is 11.4 Å². The normalized spacial score (nSPS) is 21.8. The van der Waals surface area contributed by atoms with Gasteiger partial charge < -0.3 is 15.2 Å². The molecule has 11 heavy (non-hydrogen) atoms. The number of phenolic OH excluding ortho intramolecular Hbond substituents is 1. The van der Waals surface area contributed by atoms with Crippen LogP contribution in [0.2, 0.25) is 0 Å². The number of fused-ring (bicyclic) bond motifs is 1. The number of nitrogens with one attached hydrogen (secondary N) is 1. The van der Waals surface area contributed by atoms with E-state index >= 15 is 0 Å². The predicted molar refractivity (Wildman–Crippen MR) is 42.1 cm³/mol. The maximum Gasteiger partial charge on any atom is 0.142 e. The lowest BCUT2D eigenvalue weighted by molar-refractivity contribution is 0.322. The molecule has 0 amide bonds. The van der Waals surface area contributed by atoms with E-state index in [1.807, 2.05) is 0 Å². The summed E-state index contributed by atoms with van der Waals surface area (Å²) in [6.07, 6.45) is 0. The highest BCUT2D eigenvalue weighted by Gasteiger charge is 2.08. The van der Waals surface area contributed by atoms with Gasteiger partial charge in [-0.3, -0.25) is 0 Å². The molecule has 0 saturated heterocycles. The van der Waals surface area contributed by atoms with Crippen LogP contribution in [0.4, 0.5) is 5.69 Å². The quantitative estimate of drug-likeness (QED) is 0.588. The third kappa shape index (κ3) is 1.09. The zero-order chi connectivity index (χ0) is 9.47. The van der Waals surface area contributed by atoms with Gasteiger partial charge in [-0.25, -0.2) is 0 Å². The predicted octanol–water partition coefficient (Wildman–Crippen LogP) is 1.20. The van der Waals surface area contributed by atoms with Gasteiger partial charge in [-0.1, -0.05) is 0 Å². The molecule has 0 atom stereocenters. The highest BCUT2D eigenvalue weighted by Crippen LogP contribution is 2.30. The summed E-state index contributed by atoms with van der Waals surface area (Å²) < 4.78 is 19.9. The second-order valence-electron chi connectivity index (χ2n) is 2.27. The fourth-order valence-electron chi connectivity index (χ4n) is 0.987. The Hall–Kier alpha value is -1.38. The molecule has 3 nitrogen and oxygen atoms in total. The van der Waals surface area contributed by atoms with Gasteiger partial charge in [0, 0.05) is 12.6 Å². The zero-order valence-corrected chi connectivity index (χ0v) is 5.79. The van der Waals surface area contributed by atoms with Crippen LogP contribution in [-0.2, 0) is 0 Å². The minimum absolute atomic E-state index is 0.0230. The number of hydrogen-bond donors (Lipinski definition) is 2. The molecule has 0 unspecified atom stereocenters. The lowest BCUT2D eigenvalue weighted by Crippen LogP contribution is -2.17. The van der Waals surface area contributed by atoms with Gasteiger partial charge in [-0.05, 0) is 12.1 Å². The molecule has 1 aliphatic rings. The van der Waals surface area contributed by atoms with Gasteiger partial charge in [0.2, 0.25) is 0 Å². The molecule has 58 valence electrons. The van der Waals surface area contributed by atoms with E-state index in [-0.39, 0.29) is 12.4 Å². The molecule has 0 aromatic heterocycles. The molecule has 0 spiro atoms. The van der Waals surface area contributed by atoms with Crippen molar-refractivity contribution in [2.24, 2.45) is 0 Å². The number of phenols is 1. The van der Waals surface area contributed by atoms with Crippen LogP contribution in [0.1, 0.15) is 2.74 Å². The number of benzene rings is 1. The molecule has 0 fully saturated rings. The van der Waals surface area contributed by atoms with Crippen molar-refractivity contribution < 1.29 is 12.6 Å². The molecule has 0 bridgehead atoms. The van der Waals surface area contributed by atoms with E-state index in [1.54, 1.807) is 6.07 Å². The highest BCUT2D eigenvalue weighted by atomic mass is 16.5. The van der Waals surface area contributed by atoms with E-state index in [0.717, 1.165) is 0 Å². The smallest absolute Gasteiger partial charge is 0.142 e. The summed E-state index contributed by atoms with van der Waals surface area (Å²) in [4.78, 5) is 0. The molecule has 2 rings (SSSR count). The molecular formula is C8H9NO2. The average Bonchev–Trinajstić information content (AvgIpc) is 2.01. The van der Waals surface area contributed by atoms with E-state index in [2.05, 4.69) is 5.32 Å². The lowest BCUT2D eigenvalue weighted by Gasteiger charge is -2.18. The molecule has 0 aliphatic carbocycles. The second-order valence-corrected chi connectivity index (χ2v) is 2.27. The first-order valence-electron chi connectivity index (χ1n) is 4.31. The molecular weight excluding hydrogens is 142 g/mol. The number of aromatic hydroxyl groups is 1. The van der Waals surface area contributed by atoms with Crippen LogP contribution in [-0.4, -0.2) is 18.2 Å². The van der Waals surface area contributed by atoms with Crippen LogP contribution in [0, 0.1) is 0 Å². The zero-order valence-electron chi connectivity index (χ0n) is 7.79. The topological polar surface area (TPSA) is 41.5 Å². The molecule has 0 saturated carbocycles. The summed E-state index contributed by atoms with van der Waals surface area (Å²) >= 11 is 0. The first-order valence-corrected chi connectivity index (χ1v) is 3.31. The Morgan fingerprint density at radius 2 is 2.55 bits per heavy atom. The molecule has 1 aromatic rings. The van der Waals surface area contributed by atoms with Crippen molar-refractivity contribution in [2.45, 2.75) is 0 Å². The van der Waals surface area contributed by atoms with Gasteiger partial charge in [0.15, 0.2) is 0 Å². The van der Waals surface area contributed by atoms with Crippen LogP contribution >= 0.6 is 0 Å². The second kappa shape index (κ2) is 2.34. The Bertz CT molecular complexity index is 341. The fourth-order valence-corrected chi connectivity index (χ4v) is 0.987. The molecule has 3 heteroatoms. The van der Waals surface area contributed by atoms with Crippen molar-refractivity contribution >= 4 is 5.69 Å². The largest absolute Gasteiger partial charge is 0.508 e. The standard InChI is InChI=1S/C8H9NO2/c10-6-1-2-8-7(5-6)9-3-4-11-8/h1-2,5,9-10H,3-4H2/i3D2. The lowest BCUT2D eigenvalue weighted by atomic mass is 10.2. The van der Waals surface area contributed by atoms with Gasteiger partial charge in [0.25, 0.3) is 0 Å². The summed E-state index contributed by atoms with van der Waals surface area (Å²) in [6, 6.07) is 4.54. The minimum atomic E-state index is -1.57. The van der Waals surface area contributed by atoms with Crippen molar-refractivity contribution in [1.29, 1.82) is 0 Å². The molecule has 1 aromatic carbocycles. The van der Waals surface area contributed by atoms with Crippen LogP contribution < -0.4 is 10.1 Å². The third-order valence-corrected chi connectivity index (χ3v) is 1.49. The number of ether oxygens (including phenoxy) is 1. The maximum absolute atomic E-state index is 9.14. The average molecular weight is 153 g/mol. The summed E-state index contributed by atoms with van der Waals surface area (Å²) in [5.74, 6) is 0.653. The van der Waals surface area contributed by atoms with Gasteiger partial charge in [0.05, 0.1) is 8.43 Å². The van der Waals surface area contributed by atoms with Crippen molar-refractivity contribution in [2.75, 3.05) is 18.4 Å². The summed E-state index contributed by atoms with van der Waals surface area (Å²) in [6.45, 7) is -1.59. The number of hydrogen-bond acceptors (Lipinski definition) is 3. The van der Waals surface area contributed by atoms with Gasteiger partial charge in [-0.2, -0.15) is 0 Å². The summed E-state index contributed by atoms with van der Waals surface area (Å²) in [5.41, 5.74) is 0.483. The summed E-state index contributed by atoms with van der Waals surface area (Å²) in [7, 11) is 0. The first-order chi connectivity index (χ1) is 6.07. The Morgan fingerprint density at radius 1 is 1.64 bits per heavy atom. The van der Waals surface area contributed by atoms with E-state index in [9.17, 15) is 0 Å². The Kier molecular flexibility index (Phi) is 0.955. The Labute approximate surface area is 67.4 Å². The fraction of sp³-hybridized carbons (Fsp3) is 0.250. The molecule has 0 radical (unpaired) electrons. The van der Waals surface area contributed by atoms with Crippen molar-refractivity contribution in [3.05, 3.63) is 18.2 Å². The van der Waals surface area contributed by atoms with Gasteiger partial charge in [0.1, 0.15) is 18.1 Å². The minimum Gasteiger partial charge on any atom is -0.508 e. The molecule has 1 aliphatic heterocycles. The van der Waals surface area contributed by atoms with Crippen LogP contribution in [0.25, 0.3) is 0 Å². The van der Waals surface area contributed by atoms with Crippen LogP contribution in [0.3, 0.4) is 0 Å². The van der Waals surface area contributed by atoms with Crippen LogP contribution in [0.15, 0.2) is 18.2 Å². The summed E-state index contributed by atoms with van der Waals surface area (Å²) in [5, 5.41) is 11.8. The van der Waals surface area contributed by atoms with Gasteiger partial charge in [-0.15, -0.1) is 0 Å². The van der Waals surface area contributed by atoms with Crippen molar-refractivity contribution in [1.82, 2.24) is 0 Å². The third-order valence-electron chi connectivity index (χ3n) is 1.49. The molecule has 1 heterocycles. The Morgan fingerprint density at radius 3 is 3.45 bits per heavy atom. The van der Waals surface area contributed by atoms with E-state index in [4.69, 9.17) is 12.6 Å². The number of anilines is 1. The monoisotopic (exact) mass is 153 g/mol. The van der Waals surface area contributed by atoms with Gasteiger partial charge >= 0.3 is 0 Å². The van der Waals surface area contributed by atoms with Crippen molar-refractivity contribution in [3.63, 3.8) is 0 Å². The number of rotatable bonds is 0. The van der Waals surface area contributed by atoms with Crippen molar-refractivity contribution in [3.8, 4) is 11.5 Å². The van der Waals surface area contributed by atoms with Crippen LogP contribution in [0.5, 0.6) is 11.5 Å². The van der Waals surface area contributed by atoms with E-state index in [1.165, 1.54) is 12.1 Å².